The highest BCUT2D eigenvalue weighted by atomic mass is 19.4. The Kier molecular flexibility index (Phi) is 8.92. The van der Waals surface area contributed by atoms with Crippen LogP contribution in [0.25, 0.3) is 10.8 Å². The summed E-state index contributed by atoms with van der Waals surface area (Å²) in [6.07, 6.45) is -0.768. The van der Waals surface area contributed by atoms with E-state index in [0.717, 1.165) is 47.6 Å². The molecule has 0 spiro atoms. The number of carbonyl (C=O) groups excluding carboxylic acids is 2. The summed E-state index contributed by atoms with van der Waals surface area (Å²) in [5.74, 6) is 0.272. The third-order valence-electron chi connectivity index (χ3n) is 9.29. The van der Waals surface area contributed by atoms with Crippen molar-refractivity contribution in [3.05, 3.63) is 83.4 Å². The Balaban J connectivity index is 1.41. The predicted octanol–water partition coefficient (Wildman–Crippen LogP) is 6.80. The van der Waals surface area contributed by atoms with Crippen LogP contribution in [-0.2, 0) is 15.8 Å². The van der Waals surface area contributed by atoms with Gasteiger partial charge in [-0.15, -0.1) is 0 Å². The number of hydrogen-bond donors (Lipinski definition) is 1. The van der Waals surface area contributed by atoms with E-state index < -0.39 is 11.7 Å². The van der Waals surface area contributed by atoms with Gasteiger partial charge < -0.3 is 10.6 Å². The van der Waals surface area contributed by atoms with Gasteiger partial charge in [-0.25, -0.2) is 0 Å². The zero-order valence-electron chi connectivity index (χ0n) is 24.3. The molecule has 0 bridgehead atoms. The quantitative estimate of drug-likeness (QED) is 0.335. The second-order valence-electron chi connectivity index (χ2n) is 12.3. The Morgan fingerprint density at radius 1 is 0.905 bits per heavy atom. The zero-order valence-corrected chi connectivity index (χ0v) is 24.3. The van der Waals surface area contributed by atoms with Crippen molar-refractivity contribution in [2.75, 3.05) is 19.6 Å². The largest absolute Gasteiger partial charge is 0.416 e. The normalized spacial score (nSPS) is 22.8. The summed E-state index contributed by atoms with van der Waals surface area (Å²) in [4.78, 5) is 29.5. The fraction of sp³-hybridized carbons (Fsp3) is 0.471. The smallest absolute Gasteiger partial charge is 0.369 e. The van der Waals surface area contributed by atoms with Gasteiger partial charge in [-0.05, 0) is 71.6 Å². The van der Waals surface area contributed by atoms with E-state index in [2.05, 4.69) is 30.9 Å². The molecule has 8 heteroatoms. The van der Waals surface area contributed by atoms with Gasteiger partial charge in [0.25, 0.3) is 0 Å². The molecule has 3 aromatic carbocycles. The molecule has 2 amide bonds. The van der Waals surface area contributed by atoms with Crippen LogP contribution in [0.2, 0.25) is 0 Å². The molecule has 2 aliphatic rings. The van der Waals surface area contributed by atoms with Gasteiger partial charge in [-0.1, -0.05) is 68.4 Å². The lowest BCUT2D eigenvalue weighted by Gasteiger charge is -2.47. The summed E-state index contributed by atoms with van der Waals surface area (Å²) >= 11 is 0. The first-order chi connectivity index (χ1) is 20.0. The lowest BCUT2D eigenvalue weighted by Crippen LogP contribution is -2.58. The van der Waals surface area contributed by atoms with Gasteiger partial charge in [0.2, 0.25) is 11.8 Å². The van der Waals surface area contributed by atoms with Crippen LogP contribution in [0.4, 0.5) is 13.2 Å². The maximum Gasteiger partial charge on any atom is 0.416 e. The van der Waals surface area contributed by atoms with Crippen LogP contribution in [0.1, 0.15) is 68.7 Å². The third-order valence-corrected chi connectivity index (χ3v) is 9.29. The Morgan fingerprint density at radius 3 is 2.21 bits per heavy atom. The van der Waals surface area contributed by atoms with Crippen molar-refractivity contribution < 1.29 is 22.8 Å². The Bertz CT molecular complexity index is 1390. The predicted molar refractivity (Wildman–Crippen MR) is 158 cm³/mol. The summed E-state index contributed by atoms with van der Waals surface area (Å²) in [5.41, 5.74) is 6.67. The molecule has 1 aliphatic carbocycles. The lowest BCUT2D eigenvalue weighted by molar-refractivity contribution is -0.139. The monoisotopic (exact) mass is 579 g/mol. The maximum atomic E-state index is 13.6. The summed E-state index contributed by atoms with van der Waals surface area (Å²) in [7, 11) is 0. The first-order valence-electron chi connectivity index (χ1n) is 15.0. The van der Waals surface area contributed by atoms with Crippen LogP contribution in [0.5, 0.6) is 0 Å². The number of primary amides is 1. The van der Waals surface area contributed by atoms with E-state index in [4.69, 9.17) is 5.73 Å². The van der Waals surface area contributed by atoms with Gasteiger partial charge >= 0.3 is 6.18 Å². The molecule has 0 aromatic heterocycles. The van der Waals surface area contributed by atoms with E-state index in [-0.39, 0.29) is 41.7 Å². The number of rotatable bonds is 7. The molecular weight excluding hydrogens is 539 g/mol. The number of nitrogens with zero attached hydrogens (tertiary/aromatic N) is 2. The van der Waals surface area contributed by atoms with Gasteiger partial charge in [0, 0.05) is 38.0 Å². The average Bonchev–Trinajstić information content (AvgIpc) is 2.97. The third kappa shape index (κ3) is 6.48. The second kappa shape index (κ2) is 12.5. The standard InChI is InChI=1S/C34H40F3N3O2/c1-22(2)30-21-39(18-19-40(30)31(41)20-23-10-12-26(13-11-23)33(38)42)32(25-14-16-27(17-15-25)34(35,36)37)29-9-5-7-24-6-3-4-8-28(24)29/h3-9,14-17,22-23,26,30,32H,10-13,18-21H2,1-2H3,(H2,38,42)/t23?,26?,30-,32?/m1/s1. The molecule has 3 aromatic rings. The molecular formula is C34H40F3N3O2. The number of alkyl halides is 3. The van der Waals surface area contributed by atoms with E-state index in [9.17, 15) is 22.8 Å². The molecule has 5 rings (SSSR count). The number of piperazine rings is 1. The molecule has 2 fully saturated rings. The van der Waals surface area contributed by atoms with E-state index >= 15 is 0 Å². The van der Waals surface area contributed by atoms with Crippen LogP contribution in [0.3, 0.4) is 0 Å². The molecule has 1 aliphatic heterocycles. The minimum Gasteiger partial charge on any atom is -0.369 e. The molecule has 5 nitrogen and oxygen atoms in total. The molecule has 0 radical (unpaired) electrons. The fourth-order valence-electron chi connectivity index (χ4n) is 6.89. The minimum atomic E-state index is -4.40. The molecule has 224 valence electrons. The first-order valence-corrected chi connectivity index (χ1v) is 15.0. The number of halogens is 3. The van der Waals surface area contributed by atoms with Crippen molar-refractivity contribution in [2.24, 2.45) is 23.5 Å². The highest BCUT2D eigenvalue weighted by Gasteiger charge is 2.38. The van der Waals surface area contributed by atoms with E-state index in [1.165, 1.54) is 12.1 Å². The summed E-state index contributed by atoms with van der Waals surface area (Å²) in [6.45, 7) is 6.03. The highest BCUT2D eigenvalue weighted by molar-refractivity contribution is 5.86. The number of fused-ring (bicyclic) bond motifs is 1. The Hall–Kier alpha value is -3.39. The molecule has 1 unspecified atom stereocenters. The van der Waals surface area contributed by atoms with Gasteiger partial charge in [0.1, 0.15) is 0 Å². The second-order valence-corrected chi connectivity index (χ2v) is 12.3. The topological polar surface area (TPSA) is 66.6 Å². The molecule has 1 saturated heterocycles. The van der Waals surface area contributed by atoms with Crippen LogP contribution < -0.4 is 5.73 Å². The van der Waals surface area contributed by atoms with Crippen molar-refractivity contribution in [1.82, 2.24) is 9.80 Å². The van der Waals surface area contributed by atoms with E-state index in [1.807, 2.05) is 35.2 Å². The number of carbonyl (C=O) groups is 2. The van der Waals surface area contributed by atoms with Gasteiger partial charge in [0.15, 0.2) is 0 Å². The zero-order chi connectivity index (χ0) is 30.0. The number of hydrogen-bond acceptors (Lipinski definition) is 3. The SMILES string of the molecule is CC(C)[C@H]1CN(C(c2ccc(C(F)(F)F)cc2)c2cccc3ccccc23)CCN1C(=O)CC1CCC(C(N)=O)CC1. The van der Waals surface area contributed by atoms with Gasteiger partial charge in [0.05, 0.1) is 11.6 Å². The maximum absolute atomic E-state index is 13.6. The van der Waals surface area contributed by atoms with Crippen LogP contribution in [-0.4, -0.2) is 47.3 Å². The van der Waals surface area contributed by atoms with Crippen molar-refractivity contribution in [3.8, 4) is 0 Å². The number of amides is 2. The summed E-state index contributed by atoms with van der Waals surface area (Å²) in [6, 6.07) is 19.4. The van der Waals surface area contributed by atoms with Crippen LogP contribution in [0, 0.1) is 17.8 Å². The highest BCUT2D eigenvalue weighted by Crippen LogP contribution is 2.38. The van der Waals surface area contributed by atoms with Crippen LogP contribution >= 0.6 is 0 Å². The van der Waals surface area contributed by atoms with Crippen molar-refractivity contribution in [2.45, 2.75) is 64.2 Å². The van der Waals surface area contributed by atoms with E-state index in [1.54, 1.807) is 12.1 Å². The Labute approximate surface area is 245 Å². The molecule has 1 saturated carbocycles. The van der Waals surface area contributed by atoms with Crippen molar-refractivity contribution >= 4 is 22.6 Å². The summed E-state index contributed by atoms with van der Waals surface area (Å²) < 4.78 is 40.3. The Morgan fingerprint density at radius 2 is 1.57 bits per heavy atom. The fourth-order valence-corrected chi connectivity index (χ4v) is 6.89. The lowest BCUT2D eigenvalue weighted by atomic mass is 9.80. The molecule has 2 atom stereocenters. The van der Waals surface area contributed by atoms with Crippen LogP contribution in [0.15, 0.2) is 66.7 Å². The van der Waals surface area contributed by atoms with Crippen molar-refractivity contribution in [1.29, 1.82) is 0 Å². The van der Waals surface area contributed by atoms with E-state index in [0.29, 0.717) is 26.1 Å². The number of nitrogens with two attached hydrogens (primary N) is 1. The number of benzene rings is 3. The van der Waals surface area contributed by atoms with Gasteiger partial charge in [-0.3, -0.25) is 14.5 Å². The molecule has 1 heterocycles. The minimum absolute atomic E-state index is 0.0277. The first kappa shape index (κ1) is 30.1. The van der Waals surface area contributed by atoms with Gasteiger partial charge in [-0.2, -0.15) is 13.2 Å². The molecule has 42 heavy (non-hydrogen) atoms. The average molecular weight is 580 g/mol. The molecule has 2 N–H and O–H groups in total. The van der Waals surface area contributed by atoms with Crippen molar-refractivity contribution in [3.63, 3.8) is 0 Å². The summed E-state index contributed by atoms with van der Waals surface area (Å²) in [5, 5.41) is 2.14.